The van der Waals surface area contributed by atoms with E-state index in [1.165, 1.54) is 30.6 Å². The number of fused-ring (bicyclic) bond motifs is 1. The summed E-state index contributed by atoms with van der Waals surface area (Å²) >= 11 is 0. The van der Waals surface area contributed by atoms with Crippen LogP contribution in [-0.2, 0) is 21.9 Å². The van der Waals surface area contributed by atoms with Gasteiger partial charge in [-0.05, 0) is 62.1 Å². The van der Waals surface area contributed by atoms with Crippen molar-refractivity contribution in [2.45, 2.75) is 45.4 Å². The smallest absolute Gasteiger partial charge is 0.257 e. The zero-order chi connectivity index (χ0) is 25.0. The van der Waals surface area contributed by atoms with Crippen LogP contribution in [0.1, 0.15) is 55.3 Å². The maximum atomic E-state index is 12.4. The molecule has 1 aliphatic rings. The first-order valence-electron chi connectivity index (χ1n) is 11.9. The average molecular weight is 497 g/mol. The van der Waals surface area contributed by atoms with Crippen LogP contribution in [0.5, 0.6) is 0 Å². The van der Waals surface area contributed by atoms with E-state index >= 15 is 0 Å². The largest absolute Gasteiger partial charge is 0.391 e. The van der Waals surface area contributed by atoms with Crippen LogP contribution in [0.4, 0.5) is 0 Å². The first kappa shape index (κ1) is 24.7. The van der Waals surface area contributed by atoms with Gasteiger partial charge in [0, 0.05) is 43.0 Å². The van der Waals surface area contributed by atoms with E-state index < -0.39 is 15.9 Å². The molecule has 3 aromatic heterocycles. The minimum Gasteiger partial charge on any atom is -0.391 e. The number of aryl methyl sites for hydroxylation is 2. The molecule has 2 N–H and O–H groups in total. The molecule has 0 atom stereocenters. The maximum absolute atomic E-state index is 12.4. The summed E-state index contributed by atoms with van der Waals surface area (Å²) in [6.07, 6.45) is 14.3. The van der Waals surface area contributed by atoms with Crippen LogP contribution in [0.3, 0.4) is 0 Å². The Hall–Kier alpha value is -3.40. The summed E-state index contributed by atoms with van der Waals surface area (Å²) in [4.78, 5) is 17.1. The number of amides is 1. The molecule has 0 saturated heterocycles. The van der Waals surface area contributed by atoms with Crippen molar-refractivity contribution in [1.82, 2.24) is 29.4 Å². The molecule has 4 rings (SSSR count). The molecular weight excluding hydrogens is 464 g/mol. The van der Waals surface area contributed by atoms with Crippen molar-refractivity contribution in [1.29, 1.82) is 0 Å². The van der Waals surface area contributed by atoms with Gasteiger partial charge in [0.15, 0.2) is 0 Å². The lowest BCUT2D eigenvalue weighted by atomic mass is 10.1. The SMILES string of the molecule is CCCCNC=CCS(=O)(=O)NC(=O)/C=C/c1c(C)nn(C)c1-n1ccc2cc(C3CC3)cnc21. The Balaban J connectivity index is 1.49. The molecule has 186 valence electrons. The van der Waals surface area contributed by atoms with Crippen molar-refractivity contribution in [3.8, 4) is 5.82 Å². The van der Waals surface area contributed by atoms with Gasteiger partial charge in [-0.2, -0.15) is 5.10 Å². The second-order valence-corrected chi connectivity index (χ2v) is 10.6. The van der Waals surface area contributed by atoms with Crippen molar-refractivity contribution in [3.63, 3.8) is 0 Å². The summed E-state index contributed by atoms with van der Waals surface area (Å²) in [5.41, 5.74) is 3.50. The highest BCUT2D eigenvalue weighted by Gasteiger charge is 2.24. The zero-order valence-corrected chi connectivity index (χ0v) is 21.2. The number of hydrogen-bond acceptors (Lipinski definition) is 6. The molecule has 0 unspecified atom stereocenters. The third-order valence-electron chi connectivity index (χ3n) is 5.95. The highest BCUT2D eigenvalue weighted by Crippen LogP contribution is 2.40. The van der Waals surface area contributed by atoms with Crippen molar-refractivity contribution >= 4 is 33.0 Å². The van der Waals surface area contributed by atoms with E-state index in [4.69, 9.17) is 4.98 Å². The Morgan fingerprint density at radius 2 is 2.11 bits per heavy atom. The molecule has 9 nitrogen and oxygen atoms in total. The van der Waals surface area contributed by atoms with Crippen LogP contribution in [0.25, 0.3) is 22.9 Å². The summed E-state index contributed by atoms with van der Waals surface area (Å²) in [5, 5.41) is 8.57. The van der Waals surface area contributed by atoms with Crippen LogP contribution >= 0.6 is 0 Å². The second-order valence-electron chi connectivity index (χ2n) is 8.88. The topological polar surface area (TPSA) is 111 Å². The van der Waals surface area contributed by atoms with Crippen LogP contribution in [-0.4, -0.2) is 46.0 Å². The number of nitrogens with one attached hydrogen (secondary N) is 2. The summed E-state index contributed by atoms with van der Waals surface area (Å²) in [6.45, 7) is 4.71. The predicted octanol–water partition coefficient (Wildman–Crippen LogP) is 3.31. The van der Waals surface area contributed by atoms with Gasteiger partial charge in [-0.1, -0.05) is 19.4 Å². The van der Waals surface area contributed by atoms with Crippen LogP contribution in [0, 0.1) is 6.92 Å². The normalized spacial score (nSPS) is 14.4. The van der Waals surface area contributed by atoms with Gasteiger partial charge in [0.2, 0.25) is 10.0 Å². The van der Waals surface area contributed by atoms with Gasteiger partial charge in [-0.25, -0.2) is 18.1 Å². The van der Waals surface area contributed by atoms with E-state index in [1.54, 1.807) is 17.0 Å². The van der Waals surface area contributed by atoms with E-state index in [2.05, 4.69) is 28.1 Å². The highest BCUT2D eigenvalue weighted by molar-refractivity contribution is 7.90. The Kier molecular flexibility index (Phi) is 7.39. The molecule has 1 saturated carbocycles. The van der Waals surface area contributed by atoms with Gasteiger partial charge in [0.05, 0.1) is 11.4 Å². The quantitative estimate of drug-likeness (QED) is 0.311. The van der Waals surface area contributed by atoms with E-state index in [0.29, 0.717) is 17.2 Å². The van der Waals surface area contributed by atoms with E-state index in [-0.39, 0.29) is 5.75 Å². The third kappa shape index (κ3) is 6.00. The first-order chi connectivity index (χ1) is 16.8. The number of sulfonamides is 1. The Bertz CT molecular complexity index is 1380. The average Bonchev–Trinajstić information content (AvgIpc) is 3.52. The molecule has 0 aliphatic heterocycles. The number of rotatable bonds is 11. The first-order valence-corrected chi connectivity index (χ1v) is 13.6. The zero-order valence-electron chi connectivity index (χ0n) is 20.4. The number of carbonyl (C=O) groups is 1. The molecule has 1 fully saturated rings. The van der Waals surface area contributed by atoms with E-state index in [0.717, 1.165) is 36.2 Å². The van der Waals surface area contributed by atoms with Crippen LogP contribution < -0.4 is 10.0 Å². The van der Waals surface area contributed by atoms with Crippen molar-refractivity contribution in [2.75, 3.05) is 12.3 Å². The molecule has 0 radical (unpaired) electrons. The molecule has 1 aliphatic carbocycles. The highest BCUT2D eigenvalue weighted by atomic mass is 32.2. The lowest BCUT2D eigenvalue weighted by Crippen LogP contribution is -2.30. The molecule has 3 heterocycles. The van der Waals surface area contributed by atoms with Gasteiger partial charge in [0.1, 0.15) is 11.5 Å². The van der Waals surface area contributed by atoms with Crippen LogP contribution in [0.2, 0.25) is 0 Å². The Morgan fingerprint density at radius 3 is 2.86 bits per heavy atom. The third-order valence-corrected chi connectivity index (χ3v) is 7.09. The maximum Gasteiger partial charge on any atom is 0.257 e. The fraction of sp³-hybridized carbons (Fsp3) is 0.400. The predicted molar refractivity (Wildman–Crippen MR) is 138 cm³/mol. The number of nitrogens with zero attached hydrogens (tertiary/aromatic N) is 4. The fourth-order valence-electron chi connectivity index (χ4n) is 4.00. The number of pyridine rings is 1. The second kappa shape index (κ2) is 10.5. The molecule has 1 amide bonds. The fourth-order valence-corrected chi connectivity index (χ4v) is 4.81. The standard InChI is InChI=1S/C25H32N6O3S/c1-4-5-12-26-13-6-15-35(33,34)29-23(32)10-9-22-18(2)28-30(3)25(22)31-14-11-20-16-21(19-7-8-19)17-27-24(20)31/h6,9-11,13-14,16-17,19,26H,4-5,7-8,12,15H2,1-3H3,(H,29,32)/b10-9+,13-6?. The van der Waals surface area contributed by atoms with Gasteiger partial charge in [-0.3, -0.25) is 14.0 Å². The summed E-state index contributed by atoms with van der Waals surface area (Å²) in [7, 11) is -1.96. The lowest BCUT2D eigenvalue weighted by Gasteiger charge is -2.08. The van der Waals surface area contributed by atoms with Crippen molar-refractivity contribution in [2.24, 2.45) is 7.05 Å². The summed E-state index contributed by atoms with van der Waals surface area (Å²) < 4.78 is 30.2. The molecule has 0 bridgehead atoms. The number of aromatic nitrogens is 4. The van der Waals surface area contributed by atoms with Gasteiger partial charge < -0.3 is 5.32 Å². The minimum atomic E-state index is -3.78. The van der Waals surface area contributed by atoms with E-state index in [1.807, 2.05) is 37.0 Å². The molecule has 3 aromatic rings. The summed E-state index contributed by atoms with van der Waals surface area (Å²) in [6, 6.07) is 4.20. The number of hydrogen-bond donors (Lipinski definition) is 2. The molecule has 0 aromatic carbocycles. The van der Waals surface area contributed by atoms with Gasteiger partial charge >= 0.3 is 0 Å². The molecule has 10 heteroatoms. The Morgan fingerprint density at radius 1 is 1.31 bits per heavy atom. The molecular formula is C25H32N6O3S. The summed E-state index contributed by atoms with van der Waals surface area (Å²) in [5.74, 6) is 0.371. The van der Waals surface area contributed by atoms with E-state index in [9.17, 15) is 13.2 Å². The monoisotopic (exact) mass is 496 g/mol. The van der Waals surface area contributed by atoms with Crippen molar-refractivity contribution in [3.05, 3.63) is 59.7 Å². The number of carbonyl (C=O) groups excluding carboxylic acids is 1. The molecule has 35 heavy (non-hydrogen) atoms. The van der Waals surface area contributed by atoms with Gasteiger partial charge in [-0.15, -0.1) is 0 Å². The number of unbranched alkanes of at least 4 members (excludes halogenated alkanes) is 1. The van der Waals surface area contributed by atoms with Gasteiger partial charge in [0.25, 0.3) is 5.91 Å². The van der Waals surface area contributed by atoms with Crippen LogP contribution in [0.15, 0.2) is 42.9 Å². The molecule has 0 spiro atoms. The Labute approximate surface area is 206 Å². The van der Waals surface area contributed by atoms with Crippen molar-refractivity contribution < 1.29 is 13.2 Å². The minimum absolute atomic E-state index is 0.285. The lowest BCUT2D eigenvalue weighted by molar-refractivity contribution is -0.114.